The molecule has 0 aromatic heterocycles. The molecule has 0 aliphatic rings. The topological polar surface area (TPSA) is 88.1 Å². The monoisotopic (exact) mass is 410 g/mol. The molecule has 0 saturated heterocycles. The van der Waals surface area contributed by atoms with Crippen LogP contribution in [0.1, 0.15) is 22.3 Å². The van der Waals surface area contributed by atoms with Crippen molar-refractivity contribution >= 4 is 24.0 Å². The normalized spacial score (nSPS) is 10.3. The summed E-state index contributed by atoms with van der Waals surface area (Å²) in [6.07, 6.45) is 4.54. The first kappa shape index (κ1) is 22.4. The fourth-order valence-corrected chi connectivity index (χ4v) is 2.21. The molecule has 0 atom stereocenters. The van der Waals surface area contributed by atoms with Gasteiger partial charge in [-0.3, -0.25) is 0 Å². The maximum atomic E-state index is 12.3. The first-order valence-electron chi connectivity index (χ1n) is 9.12. The number of carbonyl (C=O) groups is 3. The van der Waals surface area contributed by atoms with Crippen molar-refractivity contribution < 1.29 is 33.3 Å². The maximum Gasteiger partial charge on any atom is 0.343 e. The summed E-state index contributed by atoms with van der Waals surface area (Å²) in [7, 11) is 1.30. The Morgan fingerprint density at radius 2 is 1.57 bits per heavy atom. The van der Waals surface area contributed by atoms with Gasteiger partial charge in [-0.2, -0.15) is 0 Å². The summed E-state index contributed by atoms with van der Waals surface area (Å²) in [5.41, 5.74) is 1.14. The summed E-state index contributed by atoms with van der Waals surface area (Å²) >= 11 is 0. The average Bonchev–Trinajstić information content (AvgIpc) is 2.78. The van der Waals surface area contributed by atoms with E-state index in [9.17, 15) is 14.4 Å². The lowest BCUT2D eigenvalue weighted by Gasteiger charge is -2.08. The van der Waals surface area contributed by atoms with Crippen molar-refractivity contribution in [2.24, 2.45) is 0 Å². The number of ether oxygens (including phenoxy) is 4. The van der Waals surface area contributed by atoms with Crippen molar-refractivity contribution in [3.8, 4) is 11.5 Å². The zero-order valence-corrected chi connectivity index (χ0v) is 16.5. The van der Waals surface area contributed by atoms with Crippen molar-refractivity contribution in [3.63, 3.8) is 0 Å². The van der Waals surface area contributed by atoms with E-state index >= 15 is 0 Å². The van der Waals surface area contributed by atoms with E-state index < -0.39 is 17.9 Å². The molecule has 2 aromatic carbocycles. The molecule has 30 heavy (non-hydrogen) atoms. The van der Waals surface area contributed by atoms with Crippen LogP contribution < -0.4 is 9.47 Å². The zero-order chi connectivity index (χ0) is 21.8. The molecule has 0 unspecified atom stereocenters. The summed E-state index contributed by atoms with van der Waals surface area (Å²) in [5, 5.41) is 0. The molecule has 7 heteroatoms. The minimum Gasteiger partial charge on any atom is -0.493 e. The number of methoxy groups -OCH3 is 1. The van der Waals surface area contributed by atoms with Gasteiger partial charge in [-0.1, -0.05) is 18.7 Å². The van der Waals surface area contributed by atoms with E-state index in [0.29, 0.717) is 30.1 Å². The van der Waals surface area contributed by atoms with Crippen LogP contribution in [-0.4, -0.2) is 38.2 Å². The summed E-state index contributed by atoms with van der Waals surface area (Å²) in [6.45, 7) is 3.92. The van der Waals surface area contributed by atoms with E-state index in [1.54, 1.807) is 54.6 Å². The molecule has 0 fully saturated rings. The third kappa shape index (κ3) is 7.63. The van der Waals surface area contributed by atoms with Crippen LogP contribution in [0.5, 0.6) is 11.5 Å². The Bertz CT molecular complexity index is 896. The van der Waals surface area contributed by atoms with Crippen LogP contribution in [0.3, 0.4) is 0 Å². The van der Waals surface area contributed by atoms with Gasteiger partial charge in [0.25, 0.3) is 0 Å². The second-order valence-electron chi connectivity index (χ2n) is 5.91. The maximum absolute atomic E-state index is 12.3. The van der Waals surface area contributed by atoms with Gasteiger partial charge in [0.05, 0.1) is 25.9 Å². The SMILES string of the molecule is C=CC(=O)OCCCOc1ccc(C(=O)Oc2ccc(C=CC(=O)OC)cc2)cc1. The molecule has 0 aliphatic heterocycles. The molecule has 0 heterocycles. The van der Waals surface area contributed by atoms with E-state index in [2.05, 4.69) is 11.3 Å². The Kier molecular flexibility index (Phi) is 8.86. The molecule has 0 spiro atoms. The quantitative estimate of drug-likeness (QED) is 0.256. The molecule has 2 rings (SSSR count). The van der Waals surface area contributed by atoms with Crippen LogP contribution in [0.4, 0.5) is 0 Å². The molecule has 0 radical (unpaired) electrons. The number of hydrogen-bond donors (Lipinski definition) is 0. The Morgan fingerprint density at radius 3 is 2.20 bits per heavy atom. The highest BCUT2D eigenvalue weighted by Crippen LogP contribution is 2.17. The fourth-order valence-electron chi connectivity index (χ4n) is 2.21. The number of hydrogen-bond acceptors (Lipinski definition) is 7. The lowest BCUT2D eigenvalue weighted by Crippen LogP contribution is -2.09. The second kappa shape index (κ2) is 11.9. The van der Waals surface area contributed by atoms with Gasteiger partial charge in [0, 0.05) is 18.6 Å². The van der Waals surface area contributed by atoms with Crippen LogP contribution in [0, 0.1) is 0 Å². The molecule has 0 amide bonds. The van der Waals surface area contributed by atoms with Gasteiger partial charge in [0.1, 0.15) is 11.5 Å². The third-order valence-electron chi connectivity index (χ3n) is 3.76. The zero-order valence-electron chi connectivity index (χ0n) is 16.5. The Morgan fingerprint density at radius 1 is 0.900 bits per heavy atom. The van der Waals surface area contributed by atoms with Crippen LogP contribution in [-0.2, 0) is 19.1 Å². The van der Waals surface area contributed by atoms with Crippen LogP contribution in [0.15, 0.2) is 67.3 Å². The fraction of sp³-hybridized carbons (Fsp3) is 0.174. The lowest BCUT2D eigenvalue weighted by atomic mass is 10.2. The van der Waals surface area contributed by atoms with Crippen LogP contribution >= 0.6 is 0 Å². The minimum absolute atomic E-state index is 0.243. The number of esters is 3. The third-order valence-corrected chi connectivity index (χ3v) is 3.76. The molecular formula is C23H22O7. The minimum atomic E-state index is -0.504. The van der Waals surface area contributed by atoms with Crippen molar-refractivity contribution in [2.75, 3.05) is 20.3 Å². The highest BCUT2D eigenvalue weighted by Gasteiger charge is 2.09. The van der Waals surface area contributed by atoms with Crippen molar-refractivity contribution in [1.82, 2.24) is 0 Å². The second-order valence-corrected chi connectivity index (χ2v) is 5.91. The molecule has 156 valence electrons. The van der Waals surface area contributed by atoms with E-state index in [4.69, 9.17) is 14.2 Å². The van der Waals surface area contributed by atoms with Gasteiger partial charge >= 0.3 is 17.9 Å². The Labute approximate surface area is 174 Å². The molecule has 7 nitrogen and oxygen atoms in total. The van der Waals surface area contributed by atoms with E-state index in [-0.39, 0.29) is 6.61 Å². The first-order valence-corrected chi connectivity index (χ1v) is 9.12. The smallest absolute Gasteiger partial charge is 0.343 e. The number of rotatable bonds is 10. The van der Waals surface area contributed by atoms with E-state index in [1.165, 1.54) is 13.2 Å². The van der Waals surface area contributed by atoms with Crippen molar-refractivity contribution in [1.29, 1.82) is 0 Å². The largest absolute Gasteiger partial charge is 0.493 e. The average molecular weight is 410 g/mol. The van der Waals surface area contributed by atoms with Gasteiger partial charge in [0.15, 0.2) is 0 Å². The van der Waals surface area contributed by atoms with Crippen LogP contribution in [0.2, 0.25) is 0 Å². The highest BCUT2D eigenvalue weighted by molar-refractivity contribution is 5.91. The standard InChI is InChI=1S/C23H22O7/c1-3-21(24)29-16-4-15-28-19-12-8-18(9-13-19)23(26)30-20-10-5-17(6-11-20)7-14-22(25)27-2/h3,5-14H,1,4,15-16H2,2H3. The van der Waals surface area contributed by atoms with Gasteiger partial charge in [0.2, 0.25) is 0 Å². The number of carbonyl (C=O) groups excluding carboxylic acids is 3. The first-order chi connectivity index (χ1) is 14.5. The van der Waals surface area contributed by atoms with E-state index in [0.717, 1.165) is 11.6 Å². The van der Waals surface area contributed by atoms with Gasteiger partial charge in [-0.25, -0.2) is 14.4 Å². The molecule has 0 saturated carbocycles. The van der Waals surface area contributed by atoms with Gasteiger partial charge in [-0.15, -0.1) is 0 Å². The molecule has 0 aliphatic carbocycles. The van der Waals surface area contributed by atoms with Crippen molar-refractivity contribution in [3.05, 3.63) is 78.4 Å². The predicted octanol–water partition coefficient (Wildman–Crippen LogP) is 3.59. The Hall–Kier alpha value is -3.87. The van der Waals surface area contributed by atoms with Gasteiger partial charge < -0.3 is 18.9 Å². The predicted molar refractivity (Wildman–Crippen MR) is 110 cm³/mol. The van der Waals surface area contributed by atoms with Crippen molar-refractivity contribution in [2.45, 2.75) is 6.42 Å². The summed E-state index contributed by atoms with van der Waals surface area (Å²) in [4.78, 5) is 34.3. The van der Waals surface area contributed by atoms with Crippen LogP contribution in [0.25, 0.3) is 6.08 Å². The Balaban J connectivity index is 1.81. The molecule has 0 bridgehead atoms. The molecule has 2 aromatic rings. The van der Waals surface area contributed by atoms with Gasteiger partial charge in [-0.05, 0) is 48.0 Å². The molecule has 0 N–H and O–H groups in total. The summed E-state index contributed by atoms with van der Waals surface area (Å²) in [6, 6.07) is 13.2. The number of benzene rings is 2. The van der Waals surface area contributed by atoms with E-state index in [1.807, 2.05) is 0 Å². The lowest BCUT2D eigenvalue weighted by molar-refractivity contribution is -0.138. The summed E-state index contributed by atoms with van der Waals surface area (Å²) < 4.78 is 20.2. The summed E-state index contributed by atoms with van der Waals surface area (Å²) in [5.74, 6) is -0.456. The highest BCUT2D eigenvalue weighted by atomic mass is 16.5. The molecular weight excluding hydrogens is 388 g/mol.